The van der Waals surface area contributed by atoms with E-state index in [1.807, 2.05) is 77.5 Å². The van der Waals surface area contributed by atoms with Gasteiger partial charge in [0.25, 0.3) is 5.91 Å². The zero-order valence-corrected chi connectivity index (χ0v) is 14.5. The molecule has 6 heteroatoms. The lowest BCUT2D eigenvalue weighted by Crippen LogP contribution is -2.20. The van der Waals surface area contributed by atoms with Crippen LogP contribution in [-0.4, -0.2) is 21.9 Å². The van der Waals surface area contributed by atoms with Crippen molar-refractivity contribution < 1.29 is 9.53 Å². The number of pyridine rings is 1. The smallest absolute Gasteiger partial charge is 0.262 e. The molecule has 0 aliphatic carbocycles. The molecule has 2 aromatic carbocycles. The largest absolute Gasteiger partial charge is 0.480 e. The fourth-order valence-electron chi connectivity index (χ4n) is 2.80. The maximum atomic E-state index is 12.1. The highest BCUT2D eigenvalue weighted by molar-refractivity contribution is 5.91. The van der Waals surface area contributed by atoms with Crippen molar-refractivity contribution in [2.45, 2.75) is 0 Å². The first kappa shape index (κ1) is 16.7. The summed E-state index contributed by atoms with van der Waals surface area (Å²) in [5.41, 5.74) is 9.62. The molecule has 0 aliphatic heterocycles. The number of nitrogens with one attached hydrogen (secondary N) is 1. The van der Waals surface area contributed by atoms with Gasteiger partial charge >= 0.3 is 0 Å². The molecule has 0 radical (unpaired) electrons. The minimum absolute atomic E-state index is 0.102. The van der Waals surface area contributed by atoms with E-state index in [1.165, 1.54) is 0 Å². The molecular formula is C21H18N4O2. The predicted octanol–water partition coefficient (Wildman–Crippen LogP) is 3.60. The lowest BCUT2D eigenvalue weighted by Gasteiger charge is -2.08. The first-order valence-corrected chi connectivity index (χ1v) is 8.50. The van der Waals surface area contributed by atoms with Crippen LogP contribution >= 0.6 is 0 Å². The number of anilines is 2. The summed E-state index contributed by atoms with van der Waals surface area (Å²) in [7, 11) is 0. The van der Waals surface area contributed by atoms with E-state index < -0.39 is 0 Å². The lowest BCUT2D eigenvalue weighted by molar-refractivity contribution is -0.118. The summed E-state index contributed by atoms with van der Waals surface area (Å²) in [6.07, 6.45) is 3.79. The molecule has 134 valence electrons. The number of aromatic nitrogens is 2. The van der Waals surface area contributed by atoms with Gasteiger partial charge in [-0.15, -0.1) is 0 Å². The predicted molar refractivity (Wildman–Crippen MR) is 106 cm³/mol. The molecule has 0 saturated heterocycles. The van der Waals surface area contributed by atoms with Crippen LogP contribution in [0.15, 0.2) is 79.1 Å². The Morgan fingerprint density at radius 1 is 1.07 bits per heavy atom. The molecule has 27 heavy (non-hydrogen) atoms. The van der Waals surface area contributed by atoms with E-state index in [-0.39, 0.29) is 12.5 Å². The second-order valence-electron chi connectivity index (χ2n) is 6.06. The lowest BCUT2D eigenvalue weighted by atomic mass is 10.1. The van der Waals surface area contributed by atoms with E-state index in [4.69, 9.17) is 10.5 Å². The number of benzene rings is 2. The van der Waals surface area contributed by atoms with E-state index in [9.17, 15) is 4.79 Å². The number of nitrogens with two attached hydrogens (primary N) is 1. The molecule has 0 atom stereocenters. The molecule has 0 unspecified atom stereocenters. The van der Waals surface area contributed by atoms with Crippen LogP contribution in [-0.2, 0) is 4.79 Å². The highest BCUT2D eigenvalue weighted by atomic mass is 16.5. The number of para-hydroxylation sites is 1. The SMILES string of the molecule is Nc1cccc(-c2cn3cccc(OCC(=O)Nc4ccccc4)c3n2)c1. The van der Waals surface area contributed by atoms with Gasteiger partial charge in [-0.1, -0.05) is 30.3 Å². The van der Waals surface area contributed by atoms with Crippen LogP contribution in [0, 0.1) is 0 Å². The van der Waals surface area contributed by atoms with E-state index in [1.54, 1.807) is 6.07 Å². The third-order valence-electron chi connectivity index (χ3n) is 4.05. The van der Waals surface area contributed by atoms with Gasteiger partial charge in [0.15, 0.2) is 18.0 Å². The Morgan fingerprint density at radius 3 is 2.74 bits per heavy atom. The number of rotatable bonds is 5. The van der Waals surface area contributed by atoms with Crippen molar-refractivity contribution in [2.24, 2.45) is 0 Å². The maximum Gasteiger partial charge on any atom is 0.262 e. The molecule has 0 spiro atoms. The molecule has 4 aromatic rings. The van der Waals surface area contributed by atoms with Gasteiger partial charge in [0.05, 0.1) is 5.69 Å². The summed E-state index contributed by atoms with van der Waals surface area (Å²) >= 11 is 0. The molecule has 4 rings (SSSR count). The minimum Gasteiger partial charge on any atom is -0.480 e. The van der Waals surface area contributed by atoms with Gasteiger partial charge in [-0.3, -0.25) is 4.79 Å². The number of nitrogens with zero attached hydrogens (tertiary/aromatic N) is 2. The third-order valence-corrected chi connectivity index (χ3v) is 4.05. The summed E-state index contributed by atoms with van der Waals surface area (Å²) in [6.45, 7) is -0.102. The number of carbonyl (C=O) groups is 1. The number of hydrogen-bond acceptors (Lipinski definition) is 4. The molecular weight excluding hydrogens is 340 g/mol. The number of amides is 1. The summed E-state index contributed by atoms with van der Waals surface area (Å²) in [6, 6.07) is 20.4. The molecule has 0 fully saturated rings. The highest BCUT2D eigenvalue weighted by Crippen LogP contribution is 2.25. The number of imidazole rings is 1. The van der Waals surface area contributed by atoms with Gasteiger partial charge in [-0.2, -0.15) is 0 Å². The van der Waals surface area contributed by atoms with E-state index in [2.05, 4.69) is 10.3 Å². The molecule has 3 N–H and O–H groups in total. The topological polar surface area (TPSA) is 81.6 Å². The summed E-state index contributed by atoms with van der Waals surface area (Å²) in [5.74, 6) is 0.307. The second-order valence-corrected chi connectivity index (χ2v) is 6.06. The zero-order valence-electron chi connectivity index (χ0n) is 14.5. The van der Waals surface area contributed by atoms with Crippen molar-refractivity contribution in [1.29, 1.82) is 0 Å². The summed E-state index contributed by atoms with van der Waals surface area (Å²) < 4.78 is 7.57. The van der Waals surface area contributed by atoms with Crippen LogP contribution in [0.5, 0.6) is 5.75 Å². The molecule has 0 aliphatic rings. The normalized spacial score (nSPS) is 10.7. The van der Waals surface area contributed by atoms with Crippen molar-refractivity contribution in [3.63, 3.8) is 0 Å². The number of ether oxygens (including phenoxy) is 1. The van der Waals surface area contributed by atoms with Gasteiger partial charge in [-0.25, -0.2) is 4.98 Å². The van der Waals surface area contributed by atoms with Crippen molar-refractivity contribution in [3.8, 4) is 17.0 Å². The van der Waals surface area contributed by atoms with Crippen LogP contribution < -0.4 is 15.8 Å². The second kappa shape index (κ2) is 7.21. The molecule has 2 heterocycles. The Labute approximate surface area is 156 Å². The zero-order chi connectivity index (χ0) is 18.6. The fraction of sp³-hybridized carbons (Fsp3) is 0.0476. The molecule has 2 aromatic heterocycles. The van der Waals surface area contributed by atoms with Crippen molar-refractivity contribution in [3.05, 3.63) is 79.1 Å². The van der Waals surface area contributed by atoms with Gasteiger partial charge < -0.3 is 20.2 Å². The van der Waals surface area contributed by atoms with E-state index in [0.29, 0.717) is 17.1 Å². The fourth-order valence-corrected chi connectivity index (χ4v) is 2.80. The first-order chi connectivity index (χ1) is 13.2. The van der Waals surface area contributed by atoms with Gasteiger partial charge in [0.2, 0.25) is 0 Å². The summed E-state index contributed by atoms with van der Waals surface area (Å²) in [4.78, 5) is 16.7. The van der Waals surface area contributed by atoms with Crippen LogP contribution in [0.1, 0.15) is 0 Å². The molecule has 1 amide bonds. The van der Waals surface area contributed by atoms with Gasteiger partial charge in [0.1, 0.15) is 0 Å². The minimum atomic E-state index is -0.231. The summed E-state index contributed by atoms with van der Waals surface area (Å²) in [5, 5.41) is 2.79. The number of fused-ring (bicyclic) bond motifs is 1. The monoisotopic (exact) mass is 358 g/mol. The molecule has 0 saturated carbocycles. The van der Waals surface area contributed by atoms with Gasteiger partial charge in [-0.05, 0) is 36.4 Å². The Morgan fingerprint density at radius 2 is 1.93 bits per heavy atom. The number of carbonyl (C=O) groups excluding carboxylic acids is 1. The average Bonchev–Trinajstić information content (AvgIpc) is 3.12. The van der Waals surface area contributed by atoms with Crippen molar-refractivity contribution in [1.82, 2.24) is 9.38 Å². The van der Waals surface area contributed by atoms with Crippen LogP contribution in [0.25, 0.3) is 16.9 Å². The standard InChI is InChI=1S/C21H18N4O2/c22-16-7-4-6-15(12-16)18-13-25-11-5-10-19(21(25)24-18)27-14-20(26)23-17-8-2-1-3-9-17/h1-13H,14,22H2,(H,23,26). The maximum absolute atomic E-state index is 12.1. The molecule has 6 nitrogen and oxygen atoms in total. The number of hydrogen-bond donors (Lipinski definition) is 2. The Hall–Kier alpha value is -3.80. The Balaban J connectivity index is 1.53. The Bertz CT molecular complexity index is 1090. The van der Waals surface area contributed by atoms with Gasteiger partial charge in [0, 0.05) is 29.3 Å². The third kappa shape index (κ3) is 3.74. The quantitative estimate of drug-likeness (QED) is 0.534. The molecule has 0 bridgehead atoms. The van der Waals surface area contributed by atoms with E-state index >= 15 is 0 Å². The van der Waals surface area contributed by atoms with Crippen molar-refractivity contribution in [2.75, 3.05) is 17.7 Å². The average molecular weight is 358 g/mol. The van der Waals surface area contributed by atoms with Crippen LogP contribution in [0.3, 0.4) is 0 Å². The van der Waals surface area contributed by atoms with Crippen LogP contribution in [0.2, 0.25) is 0 Å². The van der Waals surface area contributed by atoms with Crippen molar-refractivity contribution >= 4 is 22.9 Å². The first-order valence-electron chi connectivity index (χ1n) is 8.50. The van der Waals surface area contributed by atoms with E-state index in [0.717, 1.165) is 16.9 Å². The van der Waals surface area contributed by atoms with Crippen LogP contribution in [0.4, 0.5) is 11.4 Å². The Kier molecular flexibility index (Phi) is 4.45. The highest BCUT2D eigenvalue weighted by Gasteiger charge is 2.11. The number of nitrogen functional groups attached to an aromatic ring is 1.